The van der Waals surface area contributed by atoms with E-state index in [1.165, 1.54) is 22.3 Å². The molecule has 1 aromatic heterocycles. The summed E-state index contributed by atoms with van der Waals surface area (Å²) < 4.78 is 40.5. The molecule has 0 aliphatic heterocycles. The van der Waals surface area contributed by atoms with Gasteiger partial charge in [0, 0.05) is 4.88 Å². The van der Waals surface area contributed by atoms with Crippen LogP contribution in [0.2, 0.25) is 4.34 Å². The van der Waals surface area contributed by atoms with E-state index in [2.05, 4.69) is 5.32 Å². The van der Waals surface area contributed by atoms with Gasteiger partial charge in [-0.2, -0.15) is 0 Å². The van der Waals surface area contributed by atoms with E-state index in [1.807, 2.05) is 6.07 Å². The molecule has 0 saturated heterocycles. The van der Waals surface area contributed by atoms with Crippen LogP contribution in [0.15, 0.2) is 18.2 Å². The molecule has 6 heteroatoms. The van der Waals surface area contributed by atoms with Crippen LogP contribution in [0, 0.1) is 17.5 Å². The molecule has 0 fully saturated rings. The average molecular weight is 318 g/mol. The van der Waals surface area contributed by atoms with Gasteiger partial charge >= 0.3 is 0 Å². The Balaban J connectivity index is 1.91. The van der Waals surface area contributed by atoms with Crippen LogP contribution in [0.5, 0.6) is 0 Å². The fourth-order valence-electron chi connectivity index (χ4n) is 2.50. The van der Waals surface area contributed by atoms with Gasteiger partial charge < -0.3 is 5.32 Å². The summed E-state index contributed by atoms with van der Waals surface area (Å²) in [4.78, 5) is 1.17. The lowest BCUT2D eigenvalue weighted by Gasteiger charge is -2.24. The van der Waals surface area contributed by atoms with Gasteiger partial charge in [0.05, 0.1) is 16.1 Å². The fourth-order valence-corrected chi connectivity index (χ4v) is 3.88. The summed E-state index contributed by atoms with van der Waals surface area (Å²) in [6.45, 7) is 0. The zero-order chi connectivity index (χ0) is 14.3. The zero-order valence-corrected chi connectivity index (χ0v) is 11.9. The first-order valence-electron chi connectivity index (χ1n) is 6.24. The van der Waals surface area contributed by atoms with Crippen LogP contribution >= 0.6 is 22.9 Å². The van der Waals surface area contributed by atoms with Gasteiger partial charge in [-0.25, -0.2) is 13.2 Å². The van der Waals surface area contributed by atoms with Crippen molar-refractivity contribution in [2.24, 2.45) is 0 Å². The third-order valence-corrected chi connectivity index (χ3v) is 4.79. The molecule has 2 aromatic rings. The van der Waals surface area contributed by atoms with Gasteiger partial charge in [-0.05, 0) is 43.0 Å². The van der Waals surface area contributed by atoms with Gasteiger partial charge in [-0.15, -0.1) is 11.3 Å². The molecule has 0 spiro atoms. The lowest BCUT2D eigenvalue weighted by molar-refractivity contribution is 0.447. The van der Waals surface area contributed by atoms with Crippen molar-refractivity contribution in [2.45, 2.75) is 25.3 Å². The van der Waals surface area contributed by atoms with Gasteiger partial charge in [-0.3, -0.25) is 0 Å². The number of anilines is 1. The molecule has 1 N–H and O–H groups in total. The molecule has 0 saturated carbocycles. The third-order valence-electron chi connectivity index (χ3n) is 3.45. The second-order valence-corrected chi connectivity index (χ2v) is 6.51. The first-order chi connectivity index (χ1) is 9.56. The van der Waals surface area contributed by atoms with Crippen molar-refractivity contribution >= 4 is 28.6 Å². The van der Waals surface area contributed by atoms with Gasteiger partial charge in [0.2, 0.25) is 0 Å². The maximum atomic E-state index is 13.7. The highest BCUT2D eigenvalue weighted by Crippen LogP contribution is 2.39. The predicted molar refractivity (Wildman–Crippen MR) is 74.9 cm³/mol. The SMILES string of the molecule is Fc1ccc(NC2CCCc3sc(Cl)cc32)c(F)c1F. The van der Waals surface area contributed by atoms with Crippen molar-refractivity contribution in [3.8, 4) is 0 Å². The smallest absolute Gasteiger partial charge is 0.196 e. The normalized spacial score (nSPS) is 17.9. The molecule has 1 heterocycles. The number of rotatable bonds is 2. The molecule has 20 heavy (non-hydrogen) atoms. The standard InChI is InChI=1S/C14H11ClF3NS/c15-12-6-7-9(2-1-3-11(7)20-12)19-10-5-4-8(16)13(17)14(10)18/h4-6,9,19H,1-3H2. The van der Waals surface area contributed by atoms with E-state index in [4.69, 9.17) is 11.6 Å². The molecule has 1 atom stereocenters. The summed E-state index contributed by atoms with van der Waals surface area (Å²) in [6, 6.07) is 3.87. The number of hydrogen-bond donors (Lipinski definition) is 1. The largest absolute Gasteiger partial charge is 0.376 e. The summed E-state index contributed by atoms with van der Waals surface area (Å²) in [5.74, 6) is -3.82. The Bertz CT molecular complexity index is 656. The quantitative estimate of drug-likeness (QED) is 0.740. The van der Waals surface area contributed by atoms with Crippen LogP contribution < -0.4 is 5.32 Å². The highest BCUT2D eigenvalue weighted by atomic mass is 35.5. The highest BCUT2D eigenvalue weighted by molar-refractivity contribution is 7.16. The molecule has 0 bridgehead atoms. The fraction of sp³-hybridized carbons (Fsp3) is 0.286. The number of benzene rings is 1. The molecule has 1 aliphatic carbocycles. The average Bonchev–Trinajstić information content (AvgIpc) is 2.81. The maximum absolute atomic E-state index is 13.7. The molecule has 106 valence electrons. The lowest BCUT2D eigenvalue weighted by atomic mass is 9.94. The molecular weight excluding hydrogens is 307 g/mol. The van der Waals surface area contributed by atoms with Crippen LogP contribution in [0.4, 0.5) is 18.9 Å². The van der Waals surface area contributed by atoms with Crippen molar-refractivity contribution in [3.63, 3.8) is 0 Å². The Hall–Kier alpha value is -1.20. The Labute approximate surface area is 123 Å². The van der Waals surface area contributed by atoms with E-state index in [1.54, 1.807) is 0 Å². The Morgan fingerprint density at radius 1 is 1.20 bits per heavy atom. The monoisotopic (exact) mass is 317 g/mol. The summed E-state index contributed by atoms with van der Waals surface area (Å²) in [7, 11) is 0. The Morgan fingerprint density at radius 3 is 2.80 bits per heavy atom. The zero-order valence-electron chi connectivity index (χ0n) is 10.4. The number of thiophene rings is 1. The van der Waals surface area contributed by atoms with Crippen molar-refractivity contribution < 1.29 is 13.2 Å². The van der Waals surface area contributed by atoms with E-state index in [-0.39, 0.29) is 11.7 Å². The maximum Gasteiger partial charge on any atom is 0.196 e. The van der Waals surface area contributed by atoms with E-state index in [0.29, 0.717) is 4.34 Å². The van der Waals surface area contributed by atoms with Gasteiger partial charge in [0.15, 0.2) is 17.5 Å². The van der Waals surface area contributed by atoms with Crippen molar-refractivity contribution in [1.82, 2.24) is 0 Å². The molecule has 0 radical (unpaired) electrons. The minimum absolute atomic E-state index is 0.0240. The highest BCUT2D eigenvalue weighted by Gasteiger charge is 2.24. The van der Waals surface area contributed by atoms with E-state index < -0.39 is 17.5 Å². The Kier molecular flexibility index (Phi) is 3.65. The van der Waals surface area contributed by atoms with E-state index in [9.17, 15) is 13.2 Å². The molecule has 3 rings (SSSR count). The second-order valence-electron chi connectivity index (χ2n) is 4.74. The number of halogens is 4. The van der Waals surface area contributed by atoms with Crippen LogP contribution in [0.3, 0.4) is 0 Å². The number of aryl methyl sites for hydroxylation is 1. The molecule has 0 amide bonds. The molecular formula is C14H11ClF3NS. The topological polar surface area (TPSA) is 12.0 Å². The summed E-state index contributed by atoms with van der Waals surface area (Å²) in [5.41, 5.74) is 0.999. The lowest BCUT2D eigenvalue weighted by Crippen LogP contribution is -2.16. The second kappa shape index (κ2) is 5.30. The predicted octanol–water partition coefficient (Wildman–Crippen LogP) is 5.31. The summed E-state index contributed by atoms with van der Waals surface area (Å²) >= 11 is 7.52. The summed E-state index contributed by atoms with van der Waals surface area (Å²) in [5, 5.41) is 2.95. The van der Waals surface area contributed by atoms with Gasteiger partial charge in [0.1, 0.15) is 0 Å². The van der Waals surface area contributed by atoms with E-state index in [0.717, 1.165) is 30.9 Å². The minimum atomic E-state index is -1.45. The third kappa shape index (κ3) is 2.40. The van der Waals surface area contributed by atoms with Crippen LogP contribution in [-0.2, 0) is 6.42 Å². The number of hydrogen-bond acceptors (Lipinski definition) is 2. The van der Waals surface area contributed by atoms with Crippen molar-refractivity contribution in [1.29, 1.82) is 0 Å². The van der Waals surface area contributed by atoms with Crippen molar-refractivity contribution in [3.05, 3.63) is 50.4 Å². The minimum Gasteiger partial charge on any atom is -0.376 e. The van der Waals surface area contributed by atoms with Crippen LogP contribution in [0.1, 0.15) is 29.3 Å². The van der Waals surface area contributed by atoms with Gasteiger partial charge in [-0.1, -0.05) is 11.6 Å². The molecule has 1 aromatic carbocycles. The summed E-state index contributed by atoms with van der Waals surface area (Å²) in [6.07, 6.45) is 2.70. The van der Waals surface area contributed by atoms with Crippen LogP contribution in [0.25, 0.3) is 0 Å². The molecule has 1 nitrogen and oxygen atoms in total. The van der Waals surface area contributed by atoms with Crippen molar-refractivity contribution in [2.75, 3.05) is 5.32 Å². The number of nitrogens with one attached hydrogen (secondary N) is 1. The first-order valence-corrected chi connectivity index (χ1v) is 7.44. The molecule has 1 unspecified atom stereocenters. The first kappa shape index (κ1) is 13.8. The van der Waals surface area contributed by atoms with Crippen LogP contribution in [-0.4, -0.2) is 0 Å². The number of fused-ring (bicyclic) bond motifs is 1. The van der Waals surface area contributed by atoms with E-state index >= 15 is 0 Å². The van der Waals surface area contributed by atoms with Gasteiger partial charge in [0.25, 0.3) is 0 Å². The Morgan fingerprint density at radius 2 is 2.00 bits per heavy atom. The molecule has 1 aliphatic rings.